The number of benzene rings is 1. The summed E-state index contributed by atoms with van der Waals surface area (Å²) in [5.74, 6) is 0. The molecule has 0 fully saturated rings. The SMILES string of the molecule is Cc1ncc(CN)nc1-c1ccc2c(c1)CCN2C. The minimum Gasteiger partial charge on any atom is -0.374 e. The van der Waals surface area contributed by atoms with E-state index < -0.39 is 0 Å². The summed E-state index contributed by atoms with van der Waals surface area (Å²) >= 11 is 0. The zero-order valence-electron chi connectivity index (χ0n) is 11.3. The first-order valence-electron chi connectivity index (χ1n) is 6.56. The zero-order chi connectivity index (χ0) is 13.4. The Labute approximate surface area is 113 Å². The highest BCUT2D eigenvalue weighted by molar-refractivity contribution is 5.69. The number of nitrogens with two attached hydrogens (primary N) is 1. The third kappa shape index (κ3) is 2.08. The third-order valence-electron chi connectivity index (χ3n) is 3.70. The largest absolute Gasteiger partial charge is 0.374 e. The first-order valence-corrected chi connectivity index (χ1v) is 6.56. The van der Waals surface area contributed by atoms with Crippen LogP contribution < -0.4 is 10.6 Å². The molecule has 4 nitrogen and oxygen atoms in total. The van der Waals surface area contributed by atoms with E-state index in [1.165, 1.54) is 11.3 Å². The van der Waals surface area contributed by atoms with Gasteiger partial charge in [0.05, 0.1) is 23.3 Å². The monoisotopic (exact) mass is 254 g/mol. The van der Waals surface area contributed by atoms with Crippen LogP contribution in [0.3, 0.4) is 0 Å². The summed E-state index contributed by atoms with van der Waals surface area (Å²) < 4.78 is 0. The molecule has 2 aromatic rings. The number of aromatic nitrogens is 2. The highest BCUT2D eigenvalue weighted by Gasteiger charge is 2.17. The first-order chi connectivity index (χ1) is 9.19. The minimum absolute atomic E-state index is 0.425. The smallest absolute Gasteiger partial charge is 0.0918 e. The van der Waals surface area contributed by atoms with E-state index in [0.29, 0.717) is 6.54 Å². The average molecular weight is 254 g/mol. The Morgan fingerprint density at radius 3 is 3.00 bits per heavy atom. The number of hydrogen-bond donors (Lipinski definition) is 1. The Bertz CT molecular complexity index is 622. The molecule has 0 saturated carbocycles. The van der Waals surface area contributed by atoms with Gasteiger partial charge in [-0.15, -0.1) is 0 Å². The van der Waals surface area contributed by atoms with E-state index in [1.54, 1.807) is 6.20 Å². The molecule has 0 aliphatic carbocycles. The summed E-state index contributed by atoms with van der Waals surface area (Å²) in [5, 5.41) is 0. The lowest BCUT2D eigenvalue weighted by atomic mass is 10.0. The van der Waals surface area contributed by atoms with Crippen LogP contribution in [0.4, 0.5) is 5.69 Å². The molecule has 98 valence electrons. The lowest BCUT2D eigenvalue weighted by molar-refractivity contribution is 0.951. The van der Waals surface area contributed by atoms with Crippen molar-refractivity contribution < 1.29 is 0 Å². The maximum atomic E-state index is 5.65. The quantitative estimate of drug-likeness (QED) is 0.889. The molecule has 0 saturated heterocycles. The van der Waals surface area contributed by atoms with E-state index in [0.717, 1.165) is 35.6 Å². The van der Waals surface area contributed by atoms with Crippen LogP contribution in [-0.2, 0) is 13.0 Å². The number of likely N-dealkylation sites (N-methyl/N-ethyl adjacent to an activating group) is 1. The molecular formula is C15H18N4. The van der Waals surface area contributed by atoms with Crippen molar-refractivity contribution in [2.24, 2.45) is 5.73 Å². The number of hydrogen-bond acceptors (Lipinski definition) is 4. The van der Waals surface area contributed by atoms with E-state index in [-0.39, 0.29) is 0 Å². The molecule has 4 heteroatoms. The van der Waals surface area contributed by atoms with E-state index in [4.69, 9.17) is 5.73 Å². The van der Waals surface area contributed by atoms with Crippen molar-refractivity contribution in [3.05, 3.63) is 41.3 Å². The molecule has 1 aromatic carbocycles. The van der Waals surface area contributed by atoms with Crippen LogP contribution >= 0.6 is 0 Å². The van der Waals surface area contributed by atoms with Crippen molar-refractivity contribution in [1.29, 1.82) is 0 Å². The standard InChI is InChI=1S/C15H18N4/c1-10-15(18-13(8-16)9-17-10)12-3-4-14-11(7-12)5-6-19(14)2/h3-4,7,9H,5-6,8,16H2,1-2H3. The average Bonchev–Trinajstić information content (AvgIpc) is 2.80. The van der Waals surface area contributed by atoms with Crippen LogP contribution in [0.15, 0.2) is 24.4 Å². The normalized spacial score (nSPS) is 13.7. The van der Waals surface area contributed by atoms with Gasteiger partial charge in [-0.1, -0.05) is 6.07 Å². The molecular weight excluding hydrogens is 236 g/mol. The Balaban J connectivity index is 2.08. The van der Waals surface area contributed by atoms with Gasteiger partial charge in [0, 0.05) is 31.4 Å². The zero-order valence-corrected chi connectivity index (χ0v) is 11.3. The molecule has 2 N–H and O–H groups in total. The lowest BCUT2D eigenvalue weighted by Crippen LogP contribution is -2.12. The fourth-order valence-corrected chi connectivity index (χ4v) is 2.57. The summed E-state index contributed by atoms with van der Waals surface area (Å²) in [6, 6.07) is 6.53. The molecule has 1 aliphatic heterocycles. The molecule has 0 bridgehead atoms. The van der Waals surface area contributed by atoms with Crippen LogP contribution in [-0.4, -0.2) is 23.6 Å². The highest BCUT2D eigenvalue weighted by Crippen LogP contribution is 2.31. The van der Waals surface area contributed by atoms with Gasteiger partial charge in [0.2, 0.25) is 0 Å². The van der Waals surface area contributed by atoms with Crippen LogP contribution in [0.5, 0.6) is 0 Å². The Morgan fingerprint density at radius 1 is 1.37 bits per heavy atom. The van der Waals surface area contributed by atoms with Gasteiger partial charge in [-0.25, -0.2) is 4.98 Å². The molecule has 19 heavy (non-hydrogen) atoms. The van der Waals surface area contributed by atoms with Gasteiger partial charge in [-0.3, -0.25) is 4.98 Å². The van der Waals surface area contributed by atoms with Gasteiger partial charge in [-0.05, 0) is 31.0 Å². The lowest BCUT2D eigenvalue weighted by Gasteiger charge is -2.12. The van der Waals surface area contributed by atoms with Crippen molar-refractivity contribution in [3.63, 3.8) is 0 Å². The number of anilines is 1. The first kappa shape index (κ1) is 12.1. The van der Waals surface area contributed by atoms with Gasteiger partial charge >= 0.3 is 0 Å². The predicted octanol–water partition coefficient (Wildman–Crippen LogP) is 1.90. The minimum atomic E-state index is 0.425. The molecule has 0 atom stereocenters. The van der Waals surface area contributed by atoms with Crippen LogP contribution in [0.2, 0.25) is 0 Å². The number of fused-ring (bicyclic) bond motifs is 1. The Kier molecular flexibility index (Phi) is 2.95. The van der Waals surface area contributed by atoms with Crippen molar-refractivity contribution in [3.8, 4) is 11.3 Å². The number of nitrogens with zero attached hydrogens (tertiary/aromatic N) is 3. The van der Waals surface area contributed by atoms with Gasteiger partial charge < -0.3 is 10.6 Å². The summed E-state index contributed by atoms with van der Waals surface area (Å²) in [4.78, 5) is 11.3. The van der Waals surface area contributed by atoms with Crippen molar-refractivity contribution in [1.82, 2.24) is 9.97 Å². The molecule has 0 spiro atoms. The molecule has 2 heterocycles. The topological polar surface area (TPSA) is 55.0 Å². The second kappa shape index (κ2) is 4.63. The molecule has 0 amide bonds. The maximum absolute atomic E-state index is 5.65. The van der Waals surface area contributed by atoms with E-state index in [2.05, 4.69) is 40.1 Å². The van der Waals surface area contributed by atoms with Crippen molar-refractivity contribution >= 4 is 5.69 Å². The molecule has 0 unspecified atom stereocenters. The maximum Gasteiger partial charge on any atom is 0.0918 e. The van der Waals surface area contributed by atoms with E-state index >= 15 is 0 Å². The highest BCUT2D eigenvalue weighted by atomic mass is 15.1. The fourth-order valence-electron chi connectivity index (χ4n) is 2.57. The third-order valence-corrected chi connectivity index (χ3v) is 3.70. The predicted molar refractivity (Wildman–Crippen MR) is 77.1 cm³/mol. The summed E-state index contributed by atoms with van der Waals surface area (Å²) in [5.41, 5.74) is 12.2. The summed E-state index contributed by atoms with van der Waals surface area (Å²) in [7, 11) is 2.13. The Hall–Kier alpha value is -1.94. The Morgan fingerprint density at radius 2 is 2.21 bits per heavy atom. The van der Waals surface area contributed by atoms with Gasteiger partial charge in [0.15, 0.2) is 0 Å². The van der Waals surface area contributed by atoms with Gasteiger partial charge in [0.1, 0.15) is 0 Å². The second-order valence-electron chi connectivity index (χ2n) is 5.01. The van der Waals surface area contributed by atoms with Gasteiger partial charge in [-0.2, -0.15) is 0 Å². The second-order valence-corrected chi connectivity index (χ2v) is 5.01. The molecule has 1 aromatic heterocycles. The van der Waals surface area contributed by atoms with Crippen LogP contribution in [0.1, 0.15) is 17.0 Å². The van der Waals surface area contributed by atoms with Crippen molar-refractivity contribution in [2.75, 3.05) is 18.5 Å². The molecule has 1 aliphatic rings. The molecule has 3 rings (SSSR count). The fraction of sp³-hybridized carbons (Fsp3) is 0.333. The van der Waals surface area contributed by atoms with Crippen LogP contribution in [0, 0.1) is 6.92 Å². The van der Waals surface area contributed by atoms with E-state index in [9.17, 15) is 0 Å². The van der Waals surface area contributed by atoms with Gasteiger partial charge in [0.25, 0.3) is 0 Å². The van der Waals surface area contributed by atoms with Crippen molar-refractivity contribution in [2.45, 2.75) is 19.9 Å². The number of aryl methyl sites for hydroxylation is 1. The number of rotatable bonds is 2. The summed E-state index contributed by atoms with van der Waals surface area (Å²) in [6.45, 7) is 3.50. The molecule has 0 radical (unpaired) electrons. The van der Waals surface area contributed by atoms with Crippen LogP contribution in [0.25, 0.3) is 11.3 Å². The summed E-state index contributed by atoms with van der Waals surface area (Å²) in [6.07, 6.45) is 2.85. The van der Waals surface area contributed by atoms with E-state index in [1.807, 2.05) is 6.92 Å².